The van der Waals surface area contributed by atoms with Crippen LogP contribution in [-0.2, 0) is 16.1 Å². The minimum Gasteiger partial charge on any atom is -0.365 e. The van der Waals surface area contributed by atoms with E-state index in [1.165, 1.54) is 4.90 Å². The summed E-state index contributed by atoms with van der Waals surface area (Å²) in [6.45, 7) is 4.34. The molecule has 2 amide bonds. The van der Waals surface area contributed by atoms with Crippen molar-refractivity contribution in [2.24, 2.45) is 0 Å². The van der Waals surface area contributed by atoms with Gasteiger partial charge in [-0.15, -0.1) is 6.58 Å². The van der Waals surface area contributed by atoms with Crippen LogP contribution in [0.25, 0.3) is 5.57 Å². The minimum atomic E-state index is -0.313. The topological polar surface area (TPSA) is 40.6 Å². The van der Waals surface area contributed by atoms with Crippen molar-refractivity contribution in [3.8, 4) is 0 Å². The quantitative estimate of drug-likeness (QED) is 0.577. The van der Waals surface area contributed by atoms with Crippen LogP contribution in [0, 0.1) is 0 Å². The Bertz CT molecular complexity index is 873. The van der Waals surface area contributed by atoms with E-state index in [0.717, 1.165) is 5.56 Å². The van der Waals surface area contributed by atoms with Gasteiger partial charge in [0.05, 0.1) is 5.57 Å². The fourth-order valence-corrected chi connectivity index (χ4v) is 3.15. The van der Waals surface area contributed by atoms with Gasteiger partial charge in [0.1, 0.15) is 5.70 Å². The second-order valence-electron chi connectivity index (χ2n) is 6.08. The summed E-state index contributed by atoms with van der Waals surface area (Å²) < 4.78 is 0. The number of rotatable bonds is 6. The lowest BCUT2D eigenvalue weighted by molar-refractivity contribution is -0.136. The third-order valence-electron chi connectivity index (χ3n) is 4.23. The average Bonchev–Trinajstić information content (AvgIpc) is 2.88. The number of halogens is 1. The molecule has 0 spiro atoms. The van der Waals surface area contributed by atoms with Crippen molar-refractivity contribution < 1.29 is 9.59 Å². The molecule has 132 valence electrons. The number of amides is 2. The average molecular weight is 367 g/mol. The molecule has 0 saturated heterocycles. The molecule has 3 rings (SSSR count). The number of hydrogen-bond donors (Lipinski definition) is 0. The minimum absolute atomic E-state index is 0.178. The van der Waals surface area contributed by atoms with Crippen molar-refractivity contribution in [1.29, 1.82) is 0 Å². The Morgan fingerprint density at radius 1 is 1.04 bits per heavy atom. The molecule has 2 aromatic carbocycles. The van der Waals surface area contributed by atoms with Crippen LogP contribution in [-0.4, -0.2) is 35.2 Å². The van der Waals surface area contributed by atoms with Crippen LogP contribution in [0.3, 0.4) is 0 Å². The lowest BCUT2D eigenvalue weighted by Crippen LogP contribution is -2.34. The van der Waals surface area contributed by atoms with Gasteiger partial charge >= 0.3 is 0 Å². The largest absolute Gasteiger partial charge is 0.365 e. The van der Waals surface area contributed by atoms with E-state index in [1.54, 1.807) is 30.3 Å². The number of hydrogen-bond acceptors (Lipinski definition) is 3. The molecule has 0 aromatic heterocycles. The first-order valence-corrected chi connectivity index (χ1v) is 8.63. The first-order valence-electron chi connectivity index (χ1n) is 8.25. The number of carbonyl (C=O) groups excluding carboxylic acids is 2. The van der Waals surface area contributed by atoms with Crippen LogP contribution in [0.1, 0.15) is 11.1 Å². The highest BCUT2D eigenvalue weighted by molar-refractivity contribution is 6.36. The maximum atomic E-state index is 12.9. The normalized spacial score (nSPS) is 14.2. The summed E-state index contributed by atoms with van der Waals surface area (Å²) in [5.74, 6) is -0.620. The van der Waals surface area contributed by atoms with Crippen LogP contribution < -0.4 is 0 Å². The predicted octanol–water partition coefficient (Wildman–Crippen LogP) is 3.74. The predicted molar refractivity (Wildman–Crippen MR) is 103 cm³/mol. The molecule has 1 aliphatic rings. The van der Waals surface area contributed by atoms with Gasteiger partial charge in [-0.1, -0.05) is 60.1 Å². The highest BCUT2D eigenvalue weighted by Gasteiger charge is 2.40. The highest BCUT2D eigenvalue weighted by atomic mass is 35.5. The zero-order valence-corrected chi connectivity index (χ0v) is 15.2. The number of likely N-dealkylation sites (N-methyl/N-ethyl adjacent to an activating group) is 1. The Morgan fingerprint density at radius 3 is 2.31 bits per heavy atom. The second kappa shape index (κ2) is 7.58. The van der Waals surface area contributed by atoms with Crippen molar-refractivity contribution in [3.05, 3.63) is 89.1 Å². The summed E-state index contributed by atoms with van der Waals surface area (Å²) in [7, 11) is 1.82. The molecule has 0 N–H and O–H groups in total. The Hall–Kier alpha value is -2.85. The van der Waals surface area contributed by atoms with Gasteiger partial charge in [-0.25, -0.2) is 0 Å². The maximum Gasteiger partial charge on any atom is 0.278 e. The van der Waals surface area contributed by atoms with Crippen LogP contribution >= 0.6 is 11.6 Å². The fourth-order valence-electron chi connectivity index (χ4n) is 3.03. The molecule has 0 aliphatic carbocycles. The molecule has 0 fully saturated rings. The lowest BCUT2D eigenvalue weighted by Gasteiger charge is -2.21. The van der Waals surface area contributed by atoms with Crippen molar-refractivity contribution in [3.63, 3.8) is 0 Å². The SMILES string of the molecule is C=CCN1C(=O)C(c2ccc(Cl)cc2)=C(N(C)Cc2ccccc2)C1=O. The molecule has 1 heterocycles. The van der Waals surface area contributed by atoms with E-state index >= 15 is 0 Å². The highest BCUT2D eigenvalue weighted by Crippen LogP contribution is 2.32. The second-order valence-corrected chi connectivity index (χ2v) is 6.52. The van der Waals surface area contributed by atoms with Gasteiger partial charge < -0.3 is 4.90 Å². The zero-order valence-electron chi connectivity index (χ0n) is 14.5. The van der Waals surface area contributed by atoms with E-state index in [1.807, 2.05) is 42.3 Å². The van der Waals surface area contributed by atoms with E-state index in [0.29, 0.717) is 28.4 Å². The number of benzene rings is 2. The third kappa shape index (κ3) is 3.41. The molecule has 0 radical (unpaired) electrons. The van der Waals surface area contributed by atoms with E-state index < -0.39 is 0 Å². The molecule has 26 heavy (non-hydrogen) atoms. The Balaban J connectivity index is 2.04. The van der Waals surface area contributed by atoms with Gasteiger partial charge in [0, 0.05) is 25.2 Å². The lowest BCUT2D eigenvalue weighted by atomic mass is 10.0. The molecule has 0 atom stereocenters. The molecule has 5 heteroatoms. The van der Waals surface area contributed by atoms with Crippen molar-refractivity contribution in [2.45, 2.75) is 6.54 Å². The molecule has 0 bridgehead atoms. The molecule has 2 aromatic rings. The summed E-state index contributed by atoms with van der Waals surface area (Å²) in [6, 6.07) is 16.8. The number of imide groups is 1. The zero-order chi connectivity index (χ0) is 18.7. The van der Waals surface area contributed by atoms with Gasteiger partial charge in [0.2, 0.25) is 0 Å². The van der Waals surface area contributed by atoms with Gasteiger partial charge in [-0.05, 0) is 23.3 Å². The van der Waals surface area contributed by atoms with Gasteiger partial charge in [-0.2, -0.15) is 0 Å². The van der Waals surface area contributed by atoms with Crippen molar-refractivity contribution >= 4 is 29.0 Å². The van der Waals surface area contributed by atoms with E-state index in [-0.39, 0.29) is 18.4 Å². The summed E-state index contributed by atoms with van der Waals surface area (Å²) in [5.41, 5.74) is 2.52. The van der Waals surface area contributed by atoms with Crippen molar-refractivity contribution in [2.75, 3.05) is 13.6 Å². The van der Waals surface area contributed by atoms with Crippen LogP contribution in [0.5, 0.6) is 0 Å². The van der Waals surface area contributed by atoms with Crippen molar-refractivity contribution in [1.82, 2.24) is 9.80 Å². The monoisotopic (exact) mass is 366 g/mol. The van der Waals surface area contributed by atoms with Gasteiger partial charge in [-0.3, -0.25) is 14.5 Å². The fraction of sp³-hybridized carbons (Fsp3) is 0.143. The van der Waals surface area contributed by atoms with Gasteiger partial charge in [0.25, 0.3) is 11.8 Å². The first-order chi connectivity index (χ1) is 12.5. The third-order valence-corrected chi connectivity index (χ3v) is 4.48. The smallest absolute Gasteiger partial charge is 0.278 e. The summed E-state index contributed by atoms with van der Waals surface area (Å²) in [5, 5.41) is 0.577. The molecule has 4 nitrogen and oxygen atoms in total. The molecule has 0 saturated carbocycles. The molecular formula is C21H19ClN2O2. The summed E-state index contributed by atoms with van der Waals surface area (Å²) in [6.07, 6.45) is 1.55. The summed E-state index contributed by atoms with van der Waals surface area (Å²) >= 11 is 5.97. The van der Waals surface area contributed by atoms with E-state index in [2.05, 4.69) is 6.58 Å². The molecule has 0 unspecified atom stereocenters. The Labute approximate surface area is 158 Å². The van der Waals surface area contributed by atoms with Crippen LogP contribution in [0.4, 0.5) is 0 Å². The van der Waals surface area contributed by atoms with E-state index in [4.69, 9.17) is 11.6 Å². The van der Waals surface area contributed by atoms with E-state index in [9.17, 15) is 9.59 Å². The maximum absolute atomic E-state index is 12.9. The molecule has 1 aliphatic heterocycles. The van der Waals surface area contributed by atoms with Gasteiger partial charge in [0.15, 0.2) is 0 Å². The standard InChI is InChI=1S/C21H19ClN2O2/c1-3-13-24-20(25)18(16-9-11-17(22)12-10-16)19(21(24)26)23(2)14-15-7-5-4-6-8-15/h3-12H,1,13-14H2,2H3. The van der Waals surface area contributed by atoms with Crippen LogP contribution in [0.2, 0.25) is 5.02 Å². The summed E-state index contributed by atoms with van der Waals surface area (Å²) in [4.78, 5) is 28.9. The Morgan fingerprint density at radius 2 is 1.69 bits per heavy atom. The number of nitrogens with zero attached hydrogens (tertiary/aromatic N) is 2. The van der Waals surface area contributed by atoms with Crippen LogP contribution in [0.15, 0.2) is 72.9 Å². The Kier molecular flexibility index (Phi) is 5.24. The number of carbonyl (C=O) groups is 2. The molecular weight excluding hydrogens is 348 g/mol. The first kappa shape index (κ1) is 18.0.